The molecule has 21 heavy (non-hydrogen) atoms. The Labute approximate surface area is 138 Å². The lowest BCUT2D eigenvalue weighted by Gasteiger charge is -2.43. The summed E-state index contributed by atoms with van der Waals surface area (Å²) in [4.78, 5) is 22.0. The number of halogens is 2. The molecule has 0 atom stereocenters. The molecule has 0 saturated heterocycles. The van der Waals surface area contributed by atoms with Crippen molar-refractivity contribution in [2.45, 2.75) is 24.8 Å². The fourth-order valence-corrected chi connectivity index (χ4v) is 2.62. The third-order valence-corrected chi connectivity index (χ3v) is 4.16. The van der Waals surface area contributed by atoms with E-state index >= 15 is 0 Å². The summed E-state index contributed by atoms with van der Waals surface area (Å²) in [6.45, 7) is -0.213. The van der Waals surface area contributed by atoms with Crippen molar-refractivity contribution in [1.82, 2.24) is 10.6 Å². The summed E-state index contributed by atoms with van der Waals surface area (Å²) in [5, 5.41) is 14.1. The predicted molar refractivity (Wildman–Crippen MR) is 85.6 cm³/mol. The zero-order valence-electron chi connectivity index (χ0n) is 11.4. The van der Waals surface area contributed by atoms with Crippen LogP contribution in [0, 0.1) is 0 Å². The van der Waals surface area contributed by atoms with E-state index in [0.717, 1.165) is 29.3 Å². The Hall–Kier alpha value is -1.11. The van der Waals surface area contributed by atoms with E-state index in [4.69, 9.17) is 5.11 Å². The van der Waals surface area contributed by atoms with Crippen LogP contribution in [0.1, 0.15) is 24.8 Å². The van der Waals surface area contributed by atoms with Crippen molar-refractivity contribution in [3.8, 4) is 0 Å². The summed E-state index contributed by atoms with van der Waals surface area (Å²) in [7, 11) is 0. The molecule has 1 saturated carbocycles. The Kier molecular flexibility index (Phi) is 6.64. The minimum absolute atomic E-state index is 0. The molecule has 0 heterocycles. The normalized spacial score (nSPS) is 15.5. The largest absolute Gasteiger partial charge is 0.480 e. The number of carbonyl (C=O) groups excluding carboxylic acids is 1. The topological polar surface area (TPSA) is 78.4 Å². The lowest BCUT2D eigenvalue weighted by atomic mass is 9.72. The number of amides is 1. The molecule has 1 amide bonds. The van der Waals surface area contributed by atoms with Gasteiger partial charge in [0.25, 0.3) is 0 Å². The molecule has 1 aliphatic carbocycles. The van der Waals surface area contributed by atoms with Gasteiger partial charge in [-0.05, 0) is 37.0 Å². The van der Waals surface area contributed by atoms with Crippen molar-refractivity contribution in [3.05, 3.63) is 34.3 Å². The van der Waals surface area contributed by atoms with Gasteiger partial charge in [0.15, 0.2) is 0 Å². The van der Waals surface area contributed by atoms with E-state index in [2.05, 4.69) is 26.6 Å². The molecule has 2 rings (SSSR count). The van der Waals surface area contributed by atoms with Gasteiger partial charge >= 0.3 is 5.97 Å². The van der Waals surface area contributed by atoms with Gasteiger partial charge in [-0.3, -0.25) is 14.9 Å². The monoisotopic (exact) mass is 376 g/mol. The lowest BCUT2D eigenvalue weighted by Crippen LogP contribution is -2.51. The van der Waals surface area contributed by atoms with Gasteiger partial charge < -0.3 is 10.4 Å². The van der Waals surface area contributed by atoms with Gasteiger partial charge in [-0.15, -0.1) is 12.4 Å². The number of hydrogen-bond donors (Lipinski definition) is 3. The highest BCUT2D eigenvalue weighted by molar-refractivity contribution is 9.10. The summed E-state index contributed by atoms with van der Waals surface area (Å²) in [6, 6.07) is 8.07. The van der Waals surface area contributed by atoms with E-state index in [1.165, 1.54) is 0 Å². The lowest BCUT2D eigenvalue weighted by molar-refractivity contribution is -0.137. The van der Waals surface area contributed by atoms with Crippen LogP contribution in [0.4, 0.5) is 0 Å². The van der Waals surface area contributed by atoms with Crippen molar-refractivity contribution in [1.29, 1.82) is 0 Å². The Bertz CT molecular complexity index is 503. The maximum absolute atomic E-state index is 11.6. The number of carbonyl (C=O) groups is 2. The second-order valence-corrected chi connectivity index (χ2v) is 5.88. The first-order chi connectivity index (χ1) is 9.52. The highest BCUT2D eigenvalue weighted by Gasteiger charge is 2.38. The summed E-state index contributed by atoms with van der Waals surface area (Å²) < 4.78 is 1.02. The number of benzene rings is 1. The second kappa shape index (κ2) is 7.77. The number of aliphatic carboxylic acids is 1. The molecule has 1 aromatic carbocycles. The molecule has 1 aromatic rings. The minimum atomic E-state index is -1.04. The zero-order chi connectivity index (χ0) is 14.6. The SMILES string of the molecule is Cl.O=C(O)CNC(=O)CNC1(c2ccc(Br)cc2)CCC1. The van der Waals surface area contributed by atoms with E-state index < -0.39 is 5.97 Å². The van der Waals surface area contributed by atoms with Crippen molar-refractivity contribution < 1.29 is 14.7 Å². The van der Waals surface area contributed by atoms with E-state index in [9.17, 15) is 9.59 Å². The average molecular weight is 378 g/mol. The molecule has 0 bridgehead atoms. The van der Waals surface area contributed by atoms with Gasteiger partial charge in [0.05, 0.1) is 6.54 Å². The summed E-state index contributed by atoms with van der Waals surface area (Å²) >= 11 is 3.41. The van der Waals surface area contributed by atoms with Gasteiger partial charge in [-0.1, -0.05) is 28.1 Å². The molecular formula is C14H18BrClN2O3. The van der Waals surface area contributed by atoms with Crippen LogP contribution >= 0.6 is 28.3 Å². The second-order valence-electron chi connectivity index (χ2n) is 4.97. The third-order valence-electron chi connectivity index (χ3n) is 3.63. The molecule has 0 aliphatic heterocycles. The van der Waals surface area contributed by atoms with Crippen LogP contribution in [0.3, 0.4) is 0 Å². The van der Waals surface area contributed by atoms with Crippen LogP contribution in [0.15, 0.2) is 28.7 Å². The predicted octanol–water partition coefficient (Wildman–Crippen LogP) is 2.04. The van der Waals surface area contributed by atoms with Gasteiger partial charge in [0, 0.05) is 10.0 Å². The fourth-order valence-electron chi connectivity index (χ4n) is 2.35. The molecule has 1 fully saturated rings. The quantitative estimate of drug-likeness (QED) is 0.709. The van der Waals surface area contributed by atoms with E-state index in [-0.39, 0.29) is 36.9 Å². The number of nitrogens with one attached hydrogen (secondary N) is 2. The molecule has 116 valence electrons. The standard InChI is InChI=1S/C14H17BrN2O3.ClH/c15-11-4-2-10(3-5-11)14(6-1-7-14)17-8-12(18)16-9-13(19)20;/h2-5,17H,1,6-9H2,(H,16,18)(H,19,20);1H. The summed E-state index contributed by atoms with van der Waals surface area (Å²) in [6.07, 6.45) is 3.10. The smallest absolute Gasteiger partial charge is 0.322 e. The van der Waals surface area contributed by atoms with E-state index in [1.54, 1.807) is 0 Å². The molecular weight excluding hydrogens is 360 g/mol. The first-order valence-electron chi connectivity index (χ1n) is 6.51. The Balaban J connectivity index is 0.00000220. The Morgan fingerprint density at radius 3 is 2.29 bits per heavy atom. The molecule has 0 unspecified atom stereocenters. The first kappa shape index (κ1) is 17.9. The van der Waals surface area contributed by atoms with Crippen LogP contribution in [-0.4, -0.2) is 30.1 Å². The summed E-state index contributed by atoms with van der Waals surface area (Å²) in [5.74, 6) is -1.33. The highest BCUT2D eigenvalue weighted by atomic mass is 79.9. The maximum Gasteiger partial charge on any atom is 0.322 e. The number of carboxylic acids is 1. The first-order valence-corrected chi connectivity index (χ1v) is 7.31. The Morgan fingerprint density at radius 1 is 1.19 bits per heavy atom. The molecule has 1 aliphatic rings. The molecule has 5 nitrogen and oxygen atoms in total. The van der Waals surface area contributed by atoms with E-state index in [0.29, 0.717) is 0 Å². The molecule has 3 N–H and O–H groups in total. The van der Waals surface area contributed by atoms with Gasteiger partial charge in [0.2, 0.25) is 5.91 Å². The van der Waals surface area contributed by atoms with Crippen molar-refractivity contribution in [2.75, 3.05) is 13.1 Å². The van der Waals surface area contributed by atoms with Crippen molar-refractivity contribution in [2.24, 2.45) is 0 Å². The van der Waals surface area contributed by atoms with Crippen LogP contribution in [0.2, 0.25) is 0 Å². The minimum Gasteiger partial charge on any atom is -0.480 e. The van der Waals surface area contributed by atoms with Crippen LogP contribution < -0.4 is 10.6 Å². The average Bonchev–Trinajstić information content (AvgIpc) is 2.37. The van der Waals surface area contributed by atoms with E-state index in [1.807, 2.05) is 24.3 Å². The maximum atomic E-state index is 11.6. The third kappa shape index (κ3) is 4.69. The van der Waals surface area contributed by atoms with Crippen LogP contribution in [0.25, 0.3) is 0 Å². The molecule has 0 radical (unpaired) electrons. The van der Waals surface area contributed by atoms with Crippen LogP contribution in [-0.2, 0) is 15.1 Å². The van der Waals surface area contributed by atoms with Crippen molar-refractivity contribution >= 4 is 40.2 Å². The number of rotatable bonds is 6. The van der Waals surface area contributed by atoms with Crippen LogP contribution in [0.5, 0.6) is 0 Å². The van der Waals surface area contributed by atoms with Gasteiger partial charge in [-0.25, -0.2) is 0 Å². The fraction of sp³-hybridized carbons (Fsp3) is 0.429. The summed E-state index contributed by atoms with van der Waals surface area (Å²) in [5.41, 5.74) is 1.01. The molecule has 0 spiro atoms. The number of hydrogen-bond acceptors (Lipinski definition) is 3. The van der Waals surface area contributed by atoms with Gasteiger partial charge in [0.1, 0.15) is 6.54 Å². The van der Waals surface area contributed by atoms with Crippen molar-refractivity contribution in [3.63, 3.8) is 0 Å². The van der Waals surface area contributed by atoms with Gasteiger partial charge in [-0.2, -0.15) is 0 Å². The molecule has 0 aromatic heterocycles. The number of carboxylic acid groups (broad SMARTS) is 1. The Morgan fingerprint density at radius 2 is 1.81 bits per heavy atom. The highest BCUT2D eigenvalue weighted by Crippen LogP contribution is 2.41. The molecule has 7 heteroatoms. The zero-order valence-corrected chi connectivity index (χ0v) is 13.8.